The molecule has 0 heterocycles. The van der Waals surface area contributed by atoms with Gasteiger partial charge in [-0.25, -0.2) is 0 Å². The number of nitrogens with one attached hydrogen (secondary N) is 2. The zero-order valence-electron chi connectivity index (χ0n) is 13.4. The Balaban J connectivity index is 2.71. The molecule has 0 aliphatic carbocycles. The maximum atomic E-state index is 12.0. The van der Waals surface area contributed by atoms with Gasteiger partial charge in [0.1, 0.15) is 6.04 Å². The topological polar surface area (TPSA) is 41.1 Å². The third-order valence-corrected chi connectivity index (χ3v) is 3.33. The summed E-state index contributed by atoms with van der Waals surface area (Å²) >= 11 is 0. The van der Waals surface area contributed by atoms with Crippen LogP contribution in [0.15, 0.2) is 24.3 Å². The molecule has 1 unspecified atom stereocenters. The lowest BCUT2D eigenvalue weighted by molar-refractivity contribution is -0.121. The molecule has 1 amide bonds. The van der Waals surface area contributed by atoms with Crippen LogP contribution in [0.5, 0.6) is 0 Å². The molecule has 0 bridgehead atoms. The van der Waals surface area contributed by atoms with E-state index in [1.54, 1.807) is 0 Å². The largest absolute Gasteiger partial charge is 0.374 e. The Bertz CT molecular complexity index is 435. The van der Waals surface area contributed by atoms with Crippen LogP contribution >= 0.6 is 0 Å². The molecule has 1 aromatic rings. The van der Waals surface area contributed by atoms with Gasteiger partial charge in [0.25, 0.3) is 0 Å². The molecular formula is C17H28N2O. The highest BCUT2D eigenvalue weighted by Crippen LogP contribution is 2.29. The molecule has 3 nitrogen and oxygen atoms in total. The van der Waals surface area contributed by atoms with Crippen molar-refractivity contribution < 1.29 is 4.79 Å². The lowest BCUT2D eigenvalue weighted by Gasteiger charge is -2.25. The van der Waals surface area contributed by atoms with Crippen molar-refractivity contribution in [3.63, 3.8) is 0 Å². The second kappa shape index (κ2) is 7.32. The third kappa shape index (κ3) is 4.87. The lowest BCUT2D eigenvalue weighted by atomic mass is 9.85. The normalized spacial score (nSPS) is 12.8. The van der Waals surface area contributed by atoms with Gasteiger partial charge >= 0.3 is 0 Å². The standard InChI is InChI=1S/C17H28N2O/c1-6-7-12-18-16(20)13(2)19-15-11-9-8-10-14(15)17(3,4)5/h8-11,13,19H,6-7,12H2,1-5H3,(H,18,20). The summed E-state index contributed by atoms with van der Waals surface area (Å²) in [5.74, 6) is 0.0576. The minimum Gasteiger partial charge on any atom is -0.374 e. The maximum Gasteiger partial charge on any atom is 0.242 e. The molecule has 0 saturated heterocycles. The first-order chi connectivity index (χ1) is 9.36. The Morgan fingerprint density at radius 2 is 1.90 bits per heavy atom. The van der Waals surface area contributed by atoms with Crippen molar-refractivity contribution in [2.24, 2.45) is 0 Å². The van der Waals surface area contributed by atoms with Gasteiger partial charge < -0.3 is 10.6 Å². The van der Waals surface area contributed by atoms with Gasteiger partial charge in [-0.1, -0.05) is 52.3 Å². The average Bonchev–Trinajstić information content (AvgIpc) is 2.38. The predicted molar refractivity (Wildman–Crippen MR) is 86.1 cm³/mol. The van der Waals surface area contributed by atoms with Crippen molar-refractivity contribution in [3.05, 3.63) is 29.8 Å². The minimum absolute atomic E-state index is 0.0575. The summed E-state index contributed by atoms with van der Waals surface area (Å²) in [5.41, 5.74) is 2.33. The molecule has 1 aromatic carbocycles. The number of anilines is 1. The number of amides is 1. The van der Waals surface area contributed by atoms with Gasteiger partial charge in [-0.15, -0.1) is 0 Å². The van der Waals surface area contributed by atoms with Crippen molar-refractivity contribution in [2.45, 2.75) is 58.9 Å². The quantitative estimate of drug-likeness (QED) is 0.778. The zero-order valence-corrected chi connectivity index (χ0v) is 13.4. The van der Waals surface area contributed by atoms with E-state index < -0.39 is 0 Å². The van der Waals surface area contributed by atoms with E-state index in [2.05, 4.69) is 44.4 Å². The summed E-state index contributed by atoms with van der Waals surface area (Å²) < 4.78 is 0. The Labute approximate surface area is 123 Å². The van der Waals surface area contributed by atoms with Crippen molar-refractivity contribution in [2.75, 3.05) is 11.9 Å². The number of rotatable bonds is 6. The summed E-state index contributed by atoms with van der Waals surface area (Å²) in [6.45, 7) is 11.3. The summed E-state index contributed by atoms with van der Waals surface area (Å²) in [6.07, 6.45) is 2.12. The van der Waals surface area contributed by atoms with Crippen molar-refractivity contribution in [1.82, 2.24) is 5.32 Å². The first-order valence-corrected chi connectivity index (χ1v) is 7.50. The van der Waals surface area contributed by atoms with Crippen LogP contribution in [0.2, 0.25) is 0 Å². The molecule has 3 heteroatoms. The molecular weight excluding hydrogens is 248 g/mol. The molecule has 0 radical (unpaired) electrons. The molecule has 0 fully saturated rings. The Hall–Kier alpha value is -1.51. The van der Waals surface area contributed by atoms with E-state index in [9.17, 15) is 4.79 Å². The van der Waals surface area contributed by atoms with Crippen molar-refractivity contribution in [3.8, 4) is 0 Å². The van der Waals surface area contributed by atoms with Crippen LogP contribution in [0.1, 0.15) is 53.0 Å². The zero-order chi connectivity index (χ0) is 15.2. The van der Waals surface area contributed by atoms with Gasteiger partial charge in [0, 0.05) is 12.2 Å². The fraction of sp³-hybridized carbons (Fsp3) is 0.588. The first kappa shape index (κ1) is 16.5. The number of carbonyl (C=O) groups is 1. The van der Waals surface area contributed by atoms with E-state index in [1.165, 1.54) is 5.56 Å². The van der Waals surface area contributed by atoms with Crippen LogP contribution in [0.4, 0.5) is 5.69 Å². The number of hydrogen-bond donors (Lipinski definition) is 2. The monoisotopic (exact) mass is 276 g/mol. The van der Waals surface area contributed by atoms with Gasteiger partial charge in [0.15, 0.2) is 0 Å². The fourth-order valence-electron chi connectivity index (χ4n) is 2.10. The SMILES string of the molecule is CCCCNC(=O)C(C)Nc1ccccc1C(C)(C)C. The fourth-order valence-corrected chi connectivity index (χ4v) is 2.10. The van der Waals surface area contributed by atoms with Crippen LogP contribution in [0, 0.1) is 0 Å². The van der Waals surface area contributed by atoms with E-state index in [0.29, 0.717) is 0 Å². The highest BCUT2D eigenvalue weighted by atomic mass is 16.2. The average molecular weight is 276 g/mol. The van der Waals surface area contributed by atoms with Crippen LogP contribution in [0.3, 0.4) is 0 Å². The smallest absolute Gasteiger partial charge is 0.242 e. The molecule has 0 aliphatic heterocycles. The number of hydrogen-bond acceptors (Lipinski definition) is 2. The van der Waals surface area contributed by atoms with E-state index in [0.717, 1.165) is 25.1 Å². The highest BCUT2D eigenvalue weighted by molar-refractivity contribution is 5.84. The molecule has 20 heavy (non-hydrogen) atoms. The van der Waals surface area contributed by atoms with Crippen LogP contribution in [-0.2, 0) is 10.2 Å². The summed E-state index contributed by atoms with van der Waals surface area (Å²) in [6, 6.07) is 7.97. The van der Waals surface area contributed by atoms with Crippen LogP contribution in [0.25, 0.3) is 0 Å². The van der Waals surface area contributed by atoms with Gasteiger partial charge in [-0.3, -0.25) is 4.79 Å². The van der Waals surface area contributed by atoms with Crippen molar-refractivity contribution in [1.29, 1.82) is 0 Å². The lowest BCUT2D eigenvalue weighted by Crippen LogP contribution is -2.38. The predicted octanol–water partition coefficient (Wildman–Crippen LogP) is 3.70. The van der Waals surface area contributed by atoms with Gasteiger partial charge in [-0.2, -0.15) is 0 Å². The second-order valence-electron chi connectivity index (χ2n) is 6.31. The molecule has 1 atom stereocenters. The molecule has 2 N–H and O–H groups in total. The van der Waals surface area contributed by atoms with E-state index in [4.69, 9.17) is 0 Å². The van der Waals surface area contributed by atoms with E-state index in [1.807, 2.05) is 25.1 Å². The molecule has 112 valence electrons. The number of benzene rings is 1. The third-order valence-electron chi connectivity index (χ3n) is 3.33. The summed E-state index contributed by atoms with van der Waals surface area (Å²) in [7, 11) is 0. The molecule has 0 spiro atoms. The number of para-hydroxylation sites is 1. The number of unbranched alkanes of at least 4 members (excludes halogenated alkanes) is 1. The molecule has 0 aromatic heterocycles. The maximum absolute atomic E-state index is 12.0. The van der Waals surface area contributed by atoms with Gasteiger partial charge in [0.05, 0.1) is 0 Å². The molecule has 0 saturated carbocycles. The van der Waals surface area contributed by atoms with E-state index >= 15 is 0 Å². The first-order valence-electron chi connectivity index (χ1n) is 7.50. The van der Waals surface area contributed by atoms with Crippen LogP contribution < -0.4 is 10.6 Å². The minimum atomic E-state index is -0.227. The Morgan fingerprint density at radius 1 is 1.25 bits per heavy atom. The van der Waals surface area contributed by atoms with Crippen molar-refractivity contribution >= 4 is 11.6 Å². The Kier molecular flexibility index (Phi) is 6.05. The Morgan fingerprint density at radius 3 is 2.50 bits per heavy atom. The highest BCUT2D eigenvalue weighted by Gasteiger charge is 2.20. The van der Waals surface area contributed by atoms with Gasteiger partial charge in [0.2, 0.25) is 5.91 Å². The summed E-state index contributed by atoms with van der Waals surface area (Å²) in [4.78, 5) is 12.0. The summed E-state index contributed by atoms with van der Waals surface area (Å²) in [5, 5.41) is 6.29. The molecule has 1 rings (SSSR count). The van der Waals surface area contributed by atoms with Crippen LogP contribution in [-0.4, -0.2) is 18.5 Å². The number of carbonyl (C=O) groups excluding carboxylic acids is 1. The van der Waals surface area contributed by atoms with E-state index in [-0.39, 0.29) is 17.4 Å². The van der Waals surface area contributed by atoms with Gasteiger partial charge in [-0.05, 0) is 30.4 Å². The second-order valence-corrected chi connectivity index (χ2v) is 6.31. The molecule has 0 aliphatic rings.